The predicted molar refractivity (Wildman–Crippen MR) is 207 cm³/mol. The van der Waals surface area contributed by atoms with Crippen LogP contribution in [0.5, 0.6) is 11.5 Å². The topological polar surface area (TPSA) is 152 Å². The Morgan fingerprint density at radius 2 is 1.43 bits per heavy atom. The minimum Gasteiger partial charge on any atom is -0.497 e. The van der Waals surface area contributed by atoms with Crippen LogP contribution in [0.1, 0.15) is 33.3 Å². The van der Waals surface area contributed by atoms with Crippen molar-refractivity contribution in [2.75, 3.05) is 53.5 Å². The van der Waals surface area contributed by atoms with Crippen molar-refractivity contribution in [3.63, 3.8) is 0 Å². The van der Waals surface area contributed by atoms with Crippen molar-refractivity contribution in [1.29, 1.82) is 0 Å². The Kier molecular flexibility index (Phi) is 12.0. The number of aliphatic hydroxyl groups is 1. The Morgan fingerprint density at radius 3 is 2.04 bits per heavy atom. The Morgan fingerprint density at radius 1 is 0.821 bits per heavy atom. The summed E-state index contributed by atoms with van der Waals surface area (Å²) >= 11 is 0. The van der Waals surface area contributed by atoms with Crippen LogP contribution in [0, 0.1) is 0 Å². The summed E-state index contributed by atoms with van der Waals surface area (Å²) in [4.78, 5) is 32.0. The highest BCUT2D eigenvalue weighted by molar-refractivity contribution is 6.06. The van der Waals surface area contributed by atoms with E-state index in [2.05, 4.69) is 20.3 Å². The lowest BCUT2D eigenvalue weighted by molar-refractivity contribution is -0.150. The van der Waals surface area contributed by atoms with Crippen LogP contribution in [0.2, 0.25) is 0 Å². The normalized spacial score (nSPS) is 18.3. The molecule has 6 aromatic rings. The zero-order valence-electron chi connectivity index (χ0n) is 31.5. The second kappa shape index (κ2) is 17.4. The van der Waals surface area contributed by atoms with Gasteiger partial charge in [-0.25, -0.2) is 15.0 Å². The molecule has 1 amide bonds. The van der Waals surface area contributed by atoms with Crippen molar-refractivity contribution in [2.45, 2.75) is 30.1 Å². The molecule has 290 valence electrons. The van der Waals surface area contributed by atoms with Crippen molar-refractivity contribution in [2.24, 2.45) is 0 Å². The van der Waals surface area contributed by atoms with Crippen molar-refractivity contribution in [3.05, 3.63) is 144 Å². The summed E-state index contributed by atoms with van der Waals surface area (Å²) < 4.78 is 32.7. The molecule has 3 heterocycles. The van der Waals surface area contributed by atoms with Crippen LogP contribution in [-0.2, 0) is 24.6 Å². The van der Waals surface area contributed by atoms with E-state index in [0.29, 0.717) is 28.2 Å². The lowest BCUT2D eigenvalue weighted by atomic mass is 9.80. The molecule has 4 atom stereocenters. The number of hydroxylamine groups is 2. The van der Waals surface area contributed by atoms with Gasteiger partial charge in [-0.1, -0.05) is 72.8 Å². The first-order valence-electron chi connectivity index (χ1n) is 18.1. The third-order valence-electron chi connectivity index (χ3n) is 9.59. The predicted octanol–water partition coefficient (Wildman–Crippen LogP) is 5.24. The lowest BCUT2D eigenvalue weighted by Gasteiger charge is -2.37. The molecular weight excluding hydrogens is 716 g/mol. The standard InChI is InChI=1S/C42H44N6O8/c1-47(2)55-24-23-53-37-36(49)34(56-41(37)48-27-45-35-38(43-26-44-39(35)48)46-40(50)28-11-7-5-8-12-28)25-54-42(29-13-9-6-10-14-29,30-15-19-32(51-3)20-16-30)31-17-21-33(52-4)22-18-31/h5-22,26-27,34,36-37,41,49H,23-25H2,1-4H3,(H,43,44,46,50)/t34-,36-,37-,41-/m1/s1. The molecular formula is C42H44N6O8. The first kappa shape index (κ1) is 38.5. The first-order chi connectivity index (χ1) is 27.3. The van der Waals surface area contributed by atoms with Crippen molar-refractivity contribution in [3.8, 4) is 11.5 Å². The number of hydrogen-bond acceptors (Lipinski definition) is 12. The number of carbonyl (C=O) groups is 1. The number of benzene rings is 4. The number of carbonyl (C=O) groups excluding carboxylic acids is 1. The Balaban J connectivity index is 1.23. The van der Waals surface area contributed by atoms with Gasteiger partial charge in [-0.3, -0.25) is 14.2 Å². The molecule has 1 saturated heterocycles. The van der Waals surface area contributed by atoms with E-state index in [1.807, 2.05) is 84.9 Å². The van der Waals surface area contributed by atoms with Crippen LogP contribution in [0.4, 0.5) is 5.82 Å². The van der Waals surface area contributed by atoms with Crippen LogP contribution >= 0.6 is 0 Å². The SMILES string of the molecule is COc1ccc(C(OC[C@H]2O[C@@H](n3cnc4c(NC(=O)c5ccccc5)ncnc43)[C@H](OCCON(C)C)[C@@H]2O)(c2ccccc2)c2ccc(OC)cc2)cc1. The van der Waals surface area contributed by atoms with Crippen molar-refractivity contribution in [1.82, 2.24) is 24.6 Å². The number of ether oxygens (including phenoxy) is 5. The van der Waals surface area contributed by atoms with Gasteiger partial charge in [0.2, 0.25) is 0 Å². The highest BCUT2D eigenvalue weighted by atomic mass is 16.7. The van der Waals surface area contributed by atoms with Gasteiger partial charge in [0.1, 0.15) is 41.7 Å². The molecule has 0 bridgehead atoms. The second-order valence-electron chi connectivity index (χ2n) is 13.2. The summed E-state index contributed by atoms with van der Waals surface area (Å²) in [5, 5.41) is 16.4. The van der Waals surface area contributed by atoms with Gasteiger partial charge < -0.3 is 34.1 Å². The number of amides is 1. The fourth-order valence-electron chi connectivity index (χ4n) is 6.84. The molecule has 1 aliphatic rings. The minimum atomic E-state index is -1.16. The number of hydrogen-bond donors (Lipinski definition) is 2. The zero-order chi connectivity index (χ0) is 39.1. The van der Waals surface area contributed by atoms with E-state index < -0.39 is 30.1 Å². The van der Waals surface area contributed by atoms with Gasteiger partial charge in [0.25, 0.3) is 5.91 Å². The molecule has 0 unspecified atom stereocenters. The summed E-state index contributed by atoms with van der Waals surface area (Å²) in [7, 11) is 6.80. The van der Waals surface area contributed by atoms with E-state index in [9.17, 15) is 9.90 Å². The van der Waals surface area contributed by atoms with Crippen LogP contribution < -0.4 is 14.8 Å². The summed E-state index contributed by atoms with van der Waals surface area (Å²) in [6.07, 6.45) is -0.951. The van der Waals surface area contributed by atoms with Crippen LogP contribution in [0.3, 0.4) is 0 Å². The van der Waals surface area contributed by atoms with Gasteiger partial charge >= 0.3 is 0 Å². The molecule has 7 rings (SSSR count). The number of methoxy groups -OCH3 is 2. The van der Waals surface area contributed by atoms with E-state index in [1.165, 1.54) is 12.7 Å². The Labute approximate surface area is 324 Å². The van der Waals surface area contributed by atoms with Crippen molar-refractivity contribution < 1.29 is 38.4 Å². The van der Waals surface area contributed by atoms with E-state index in [-0.39, 0.29) is 31.5 Å². The molecule has 1 fully saturated rings. The average Bonchev–Trinajstić information content (AvgIpc) is 3.81. The molecule has 2 aromatic heterocycles. The van der Waals surface area contributed by atoms with E-state index in [0.717, 1.165) is 16.7 Å². The van der Waals surface area contributed by atoms with Gasteiger partial charge in [0.05, 0.1) is 40.4 Å². The van der Waals surface area contributed by atoms with Gasteiger partial charge in [0.15, 0.2) is 23.2 Å². The van der Waals surface area contributed by atoms with Crippen LogP contribution in [-0.4, -0.2) is 102 Å². The maximum absolute atomic E-state index is 13.1. The monoisotopic (exact) mass is 760 g/mol. The number of aromatic nitrogens is 4. The molecule has 0 aliphatic carbocycles. The molecule has 0 spiro atoms. The number of nitrogens with one attached hydrogen (secondary N) is 1. The second-order valence-corrected chi connectivity index (χ2v) is 13.2. The van der Waals surface area contributed by atoms with E-state index in [4.69, 9.17) is 28.5 Å². The number of nitrogens with zero attached hydrogens (tertiary/aromatic N) is 5. The number of fused-ring (bicyclic) bond motifs is 1. The van der Waals surface area contributed by atoms with Gasteiger partial charge in [-0.15, -0.1) is 0 Å². The van der Waals surface area contributed by atoms with Gasteiger partial charge in [-0.2, -0.15) is 5.06 Å². The van der Waals surface area contributed by atoms with E-state index >= 15 is 0 Å². The molecule has 1 aliphatic heterocycles. The molecule has 0 saturated carbocycles. The smallest absolute Gasteiger partial charge is 0.256 e. The third kappa shape index (κ3) is 7.97. The fraction of sp³-hybridized carbons (Fsp3) is 0.286. The largest absolute Gasteiger partial charge is 0.497 e. The maximum Gasteiger partial charge on any atom is 0.256 e. The van der Waals surface area contributed by atoms with Crippen LogP contribution in [0.15, 0.2) is 122 Å². The number of aliphatic hydroxyl groups excluding tert-OH is 1. The fourth-order valence-corrected chi connectivity index (χ4v) is 6.84. The Bertz CT molecular complexity index is 2140. The quantitative estimate of drug-likeness (QED) is 0.0754. The summed E-state index contributed by atoms with van der Waals surface area (Å²) in [6.45, 7) is 0.330. The zero-order valence-corrected chi connectivity index (χ0v) is 31.5. The first-order valence-corrected chi connectivity index (χ1v) is 18.1. The lowest BCUT2D eigenvalue weighted by Crippen LogP contribution is -2.40. The highest BCUT2D eigenvalue weighted by Gasteiger charge is 2.48. The maximum atomic E-state index is 13.1. The molecule has 0 radical (unpaired) electrons. The summed E-state index contributed by atoms with van der Waals surface area (Å²) in [6, 6.07) is 34.1. The summed E-state index contributed by atoms with van der Waals surface area (Å²) in [5.74, 6) is 1.27. The van der Waals surface area contributed by atoms with Gasteiger partial charge in [-0.05, 0) is 53.1 Å². The van der Waals surface area contributed by atoms with Crippen molar-refractivity contribution >= 4 is 22.9 Å². The Hall–Kier alpha value is -5.74. The number of imidazole rings is 1. The minimum absolute atomic E-state index is 0.0569. The summed E-state index contributed by atoms with van der Waals surface area (Å²) in [5.41, 5.74) is 2.53. The number of anilines is 1. The van der Waals surface area contributed by atoms with Crippen LogP contribution in [0.25, 0.3) is 11.2 Å². The molecule has 4 aromatic carbocycles. The van der Waals surface area contributed by atoms with E-state index in [1.54, 1.807) is 62.2 Å². The highest BCUT2D eigenvalue weighted by Crippen LogP contribution is 2.43. The average molecular weight is 761 g/mol. The molecule has 56 heavy (non-hydrogen) atoms. The molecule has 14 nitrogen and oxygen atoms in total. The van der Waals surface area contributed by atoms with Gasteiger partial charge in [0, 0.05) is 19.7 Å². The number of rotatable bonds is 16. The molecule has 2 N–H and O–H groups in total. The third-order valence-corrected chi connectivity index (χ3v) is 9.59. The molecule has 14 heteroatoms.